The first-order valence-electron chi connectivity index (χ1n) is 33.5. The van der Waals surface area contributed by atoms with Crippen LogP contribution in [0.4, 0.5) is 17.5 Å². The largest absolute Gasteiger partial charge is 0.457 e. The number of rotatable bonds is 17. The molecule has 6 aromatic heterocycles. The van der Waals surface area contributed by atoms with E-state index >= 15 is 0 Å². The number of piperidine rings is 1. The maximum Gasteiger partial charge on any atom is 0.288 e. The van der Waals surface area contributed by atoms with Gasteiger partial charge in [0.05, 0.1) is 16.2 Å². The van der Waals surface area contributed by atoms with Gasteiger partial charge in [-0.2, -0.15) is 15.3 Å². The molecule has 102 heavy (non-hydrogen) atoms. The fourth-order valence-electron chi connectivity index (χ4n) is 13.7. The Morgan fingerprint density at radius 1 is 0.441 bits per heavy atom. The molecule has 9 N–H and O–H groups in total. The Bertz CT molecular complexity index is 5230. The van der Waals surface area contributed by atoms with Crippen LogP contribution in [0.2, 0.25) is 0 Å². The molecular weight excluding hydrogens is 1290 g/mol. The Morgan fingerprint density at radius 2 is 0.814 bits per heavy atom. The molecule has 0 bridgehead atoms. The number of hydrogen-bond donors (Lipinski definition) is 6. The van der Waals surface area contributed by atoms with Gasteiger partial charge in [-0.15, -0.1) is 0 Å². The smallest absolute Gasteiger partial charge is 0.288 e. The van der Waals surface area contributed by atoms with E-state index < -0.39 is 0 Å². The van der Waals surface area contributed by atoms with Crippen molar-refractivity contribution >= 4 is 67.9 Å². The number of para-hydroxylation sites is 3. The summed E-state index contributed by atoms with van der Waals surface area (Å²) < 4.78 is 23.5. The first-order valence-corrected chi connectivity index (χ1v) is 33.5. The summed E-state index contributed by atoms with van der Waals surface area (Å²) in [5, 5.41) is 21.3. The summed E-state index contributed by atoms with van der Waals surface area (Å²) in [6, 6.07) is 51.7. The molecule has 0 spiro atoms. The third-order valence-corrected chi connectivity index (χ3v) is 18.7. The van der Waals surface area contributed by atoms with E-state index in [9.17, 15) is 28.8 Å². The number of aromatic amines is 3. The van der Waals surface area contributed by atoms with E-state index in [1.807, 2.05) is 201 Å². The molecule has 12 aromatic rings. The number of ether oxygens (including phenoxy) is 3. The average Bonchev–Trinajstić information content (AvgIpc) is 1.62. The zero-order valence-electron chi connectivity index (χ0n) is 55.8. The molecule has 15 rings (SSSR count). The van der Waals surface area contributed by atoms with Gasteiger partial charge in [0.15, 0.2) is 17.5 Å². The molecule has 6 aromatic carbocycles. The molecule has 24 heteroatoms. The Balaban J connectivity index is 0.000000137. The molecular formula is C78H75N15O9. The molecule has 0 aliphatic carbocycles. The van der Waals surface area contributed by atoms with E-state index in [2.05, 4.69) is 50.3 Å². The van der Waals surface area contributed by atoms with Crippen LogP contribution in [-0.4, -0.2) is 115 Å². The van der Waals surface area contributed by atoms with Gasteiger partial charge in [0.1, 0.15) is 51.0 Å². The van der Waals surface area contributed by atoms with E-state index in [4.69, 9.17) is 31.4 Å². The predicted octanol–water partition coefficient (Wildman–Crippen LogP) is 11.9. The van der Waals surface area contributed by atoms with E-state index in [0.29, 0.717) is 95.8 Å². The third-order valence-electron chi connectivity index (χ3n) is 18.7. The number of nitrogens with zero attached hydrogens (tertiary/aromatic N) is 9. The molecule has 3 fully saturated rings. The van der Waals surface area contributed by atoms with Gasteiger partial charge < -0.3 is 59.8 Å². The Kier molecular flexibility index (Phi) is 19.9. The van der Waals surface area contributed by atoms with Gasteiger partial charge in [-0.3, -0.25) is 28.8 Å². The summed E-state index contributed by atoms with van der Waals surface area (Å²) in [6.07, 6.45) is 14.0. The summed E-state index contributed by atoms with van der Waals surface area (Å²) in [5.74, 6) is 5.17. The average molecular weight is 1370 g/mol. The van der Waals surface area contributed by atoms with Crippen LogP contribution in [0.3, 0.4) is 0 Å². The molecule has 516 valence electrons. The monoisotopic (exact) mass is 1370 g/mol. The molecule has 0 saturated carbocycles. The first kappa shape index (κ1) is 67.6. The fourth-order valence-corrected chi connectivity index (χ4v) is 13.7. The number of anilines is 3. The minimum absolute atomic E-state index is 0.0237. The molecule has 3 amide bonds. The van der Waals surface area contributed by atoms with Gasteiger partial charge in [0.2, 0.25) is 17.7 Å². The maximum absolute atomic E-state index is 12.8. The van der Waals surface area contributed by atoms with E-state index in [1.165, 1.54) is 18.2 Å². The van der Waals surface area contributed by atoms with Crippen molar-refractivity contribution in [2.45, 2.75) is 57.3 Å². The number of amides is 3. The SMILES string of the molecule is C=CC(=O)N1CCC(Cn2cc(-c3ccc(Oc4ccccc4)cc3)c3c(N)n[nH]c(=O)c32)C1.C=CC(=O)N1CCC(n2cc(-c3ccc(Oc4ccccc4)cc3)c3c(N)n[nH]c(=O)c32)CC1.C=CC(=O)N1CCC[C@@H]1Cn1cc(-c2ccc(Oc3ccccc3)cc2)c2c(N)n[nH]c(=O)c21. The lowest BCUT2D eigenvalue weighted by molar-refractivity contribution is -0.127. The van der Waals surface area contributed by atoms with Crippen molar-refractivity contribution in [2.75, 3.05) is 49.9 Å². The zero-order valence-corrected chi connectivity index (χ0v) is 55.8. The minimum Gasteiger partial charge on any atom is -0.457 e. The second kappa shape index (κ2) is 30.0. The lowest BCUT2D eigenvalue weighted by atomic mass is 10.0. The number of carbonyl (C=O) groups is 3. The first-order chi connectivity index (χ1) is 49.6. The number of aromatic nitrogens is 9. The van der Waals surface area contributed by atoms with Crippen molar-refractivity contribution in [3.8, 4) is 67.9 Å². The summed E-state index contributed by atoms with van der Waals surface area (Å²) in [5.41, 5.74) is 24.4. The van der Waals surface area contributed by atoms with Crippen LogP contribution in [0.5, 0.6) is 34.5 Å². The quantitative estimate of drug-likeness (QED) is 0.0462. The van der Waals surface area contributed by atoms with E-state index in [1.54, 1.807) is 9.80 Å². The standard InChI is InChI=1S/3C26H25N5O3/c1-2-22(32)31-14-6-7-18(31)15-30-16-21(23-24(30)26(33)29-28-25(23)27)17-10-12-20(13-11-17)34-19-8-4-3-5-9-19;1-2-22(32)30-14-12-18(13-15-30)31-16-21(23-24(31)26(33)29-28-25(23)27)17-8-10-20(11-9-17)34-19-6-4-3-5-7-19;1-2-22(32)30-13-12-17(14-30)15-31-16-21(23-24(31)26(33)29-28-25(23)27)18-8-10-20(11-9-18)34-19-6-4-3-5-7-19/h2-5,8-13,16,18H,1,6-7,14-15H2,(H2,27,28)(H,29,33);2-11,16,18H,1,12-15H2,(H2,27,28)(H,29,33);2-11,16-17H,1,12-15H2,(H2,27,28)(H,29,33)/t18-;;/m1../s1. The van der Waals surface area contributed by atoms with E-state index in [0.717, 1.165) is 82.7 Å². The molecule has 1 unspecified atom stereocenters. The van der Waals surface area contributed by atoms with Crippen LogP contribution in [0, 0.1) is 5.92 Å². The van der Waals surface area contributed by atoms with Gasteiger partial charge in [0.25, 0.3) is 16.7 Å². The number of nitrogens with one attached hydrogen (secondary N) is 3. The molecule has 9 heterocycles. The zero-order chi connectivity index (χ0) is 71.0. The van der Waals surface area contributed by atoms with Crippen LogP contribution in [0.25, 0.3) is 66.1 Å². The maximum atomic E-state index is 12.8. The molecule has 2 atom stereocenters. The highest BCUT2D eigenvalue weighted by molar-refractivity contribution is 6.04. The van der Waals surface area contributed by atoms with Crippen LogP contribution < -0.4 is 48.1 Å². The topological polar surface area (TPSA) is 319 Å². The van der Waals surface area contributed by atoms with Crippen molar-refractivity contribution in [2.24, 2.45) is 5.92 Å². The lowest BCUT2D eigenvalue weighted by Gasteiger charge is -2.32. The number of nitrogens with two attached hydrogens (primary N) is 3. The lowest BCUT2D eigenvalue weighted by Crippen LogP contribution is -2.38. The minimum atomic E-state index is -0.320. The van der Waals surface area contributed by atoms with Gasteiger partial charge in [0, 0.05) is 93.2 Å². The number of hydrogen-bond acceptors (Lipinski definition) is 15. The number of nitrogen functional groups attached to an aromatic ring is 3. The van der Waals surface area contributed by atoms with Crippen LogP contribution in [0.1, 0.15) is 38.1 Å². The summed E-state index contributed by atoms with van der Waals surface area (Å²) in [6.45, 7) is 15.0. The van der Waals surface area contributed by atoms with E-state index in [-0.39, 0.29) is 69.9 Å². The molecule has 3 saturated heterocycles. The van der Waals surface area contributed by atoms with Crippen molar-refractivity contribution < 1.29 is 28.6 Å². The number of benzene rings is 6. The van der Waals surface area contributed by atoms with Gasteiger partial charge >= 0.3 is 0 Å². The highest BCUT2D eigenvalue weighted by Crippen LogP contribution is 2.40. The van der Waals surface area contributed by atoms with Gasteiger partial charge in [-0.25, -0.2) is 15.3 Å². The molecule has 0 radical (unpaired) electrons. The second-order valence-corrected chi connectivity index (χ2v) is 25.1. The van der Waals surface area contributed by atoms with Crippen molar-refractivity contribution in [3.63, 3.8) is 0 Å². The van der Waals surface area contributed by atoms with Gasteiger partial charge in [-0.05, 0) is 146 Å². The number of carbonyl (C=O) groups excluding carboxylic acids is 3. The Labute approximate surface area is 585 Å². The summed E-state index contributed by atoms with van der Waals surface area (Å²) >= 11 is 0. The van der Waals surface area contributed by atoms with Crippen molar-refractivity contribution in [1.29, 1.82) is 0 Å². The second-order valence-electron chi connectivity index (χ2n) is 25.1. The summed E-state index contributed by atoms with van der Waals surface area (Å²) in [4.78, 5) is 80.0. The number of H-pyrrole nitrogens is 3. The predicted molar refractivity (Wildman–Crippen MR) is 395 cm³/mol. The highest BCUT2D eigenvalue weighted by atomic mass is 16.5. The molecule has 3 aliphatic rings. The normalized spacial score (nSPS) is 15.1. The van der Waals surface area contributed by atoms with Gasteiger partial charge in [-0.1, -0.05) is 111 Å². The van der Waals surface area contributed by atoms with Crippen LogP contribution >= 0.6 is 0 Å². The van der Waals surface area contributed by atoms with Crippen LogP contribution in [0.15, 0.2) is 235 Å². The molecule has 3 aliphatic heterocycles. The van der Waals surface area contributed by atoms with Crippen LogP contribution in [-0.2, 0) is 27.5 Å². The highest BCUT2D eigenvalue weighted by Gasteiger charge is 2.31. The summed E-state index contributed by atoms with van der Waals surface area (Å²) in [7, 11) is 0. The number of fused-ring (bicyclic) bond motifs is 3. The number of likely N-dealkylation sites (tertiary alicyclic amines) is 3. The third kappa shape index (κ3) is 14.5. The molecule has 24 nitrogen and oxygen atoms in total. The fraction of sp³-hybridized carbons (Fsp3) is 0.192. The van der Waals surface area contributed by atoms with Crippen molar-refractivity contribution in [1.82, 2.24) is 59.0 Å². The Hall–Kier alpha value is -13.0. The van der Waals surface area contributed by atoms with Crippen molar-refractivity contribution in [3.05, 3.63) is 251 Å². The Morgan fingerprint density at radius 3 is 1.25 bits per heavy atom.